The third-order valence-electron chi connectivity index (χ3n) is 2.45. The van der Waals surface area contributed by atoms with E-state index in [9.17, 15) is 9.50 Å². The van der Waals surface area contributed by atoms with Gasteiger partial charge in [0, 0.05) is 22.8 Å². The molecule has 2 aromatic rings. The molecule has 0 saturated heterocycles. The predicted octanol–water partition coefficient (Wildman–Crippen LogP) is 3.26. The van der Waals surface area contributed by atoms with Crippen molar-refractivity contribution in [2.24, 2.45) is 0 Å². The second-order valence-corrected chi connectivity index (χ2v) is 4.56. The summed E-state index contributed by atoms with van der Waals surface area (Å²) in [7, 11) is 0. The Morgan fingerprint density at radius 3 is 2.76 bits per heavy atom. The number of rotatable bonds is 3. The maximum absolute atomic E-state index is 12.9. The van der Waals surface area contributed by atoms with Gasteiger partial charge in [-0.25, -0.2) is 4.39 Å². The third-order valence-corrected chi connectivity index (χ3v) is 3.14. The standard InChI is InChI=1S/C13H11BrFNO/c14-12-7-9(15)4-5-11(12)13(17)8-10-3-1-2-6-16-10/h1-7,13,17H,8H2. The number of benzene rings is 1. The Balaban J connectivity index is 2.17. The molecule has 0 aliphatic carbocycles. The van der Waals surface area contributed by atoms with Crippen LogP contribution in [0.2, 0.25) is 0 Å². The van der Waals surface area contributed by atoms with Gasteiger partial charge >= 0.3 is 0 Å². The van der Waals surface area contributed by atoms with E-state index >= 15 is 0 Å². The maximum atomic E-state index is 12.9. The molecule has 2 rings (SSSR count). The van der Waals surface area contributed by atoms with E-state index in [0.29, 0.717) is 16.5 Å². The minimum absolute atomic E-state index is 0.328. The minimum atomic E-state index is -0.695. The van der Waals surface area contributed by atoms with Crippen LogP contribution >= 0.6 is 15.9 Å². The lowest BCUT2D eigenvalue weighted by Crippen LogP contribution is -2.04. The maximum Gasteiger partial charge on any atom is 0.124 e. The summed E-state index contributed by atoms with van der Waals surface area (Å²) < 4.78 is 13.5. The van der Waals surface area contributed by atoms with Crippen LogP contribution in [0.15, 0.2) is 47.1 Å². The lowest BCUT2D eigenvalue weighted by atomic mass is 10.0. The Morgan fingerprint density at radius 1 is 1.29 bits per heavy atom. The van der Waals surface area contributed by atoms with Crippen LogP contribution in [0.4, 0.5) is 4.39 Å². The summed E-state index contributed by atoms with van der Waals surface area (Å²) in [6, 6.07) is 9.80. The van der Waals surface area contributed by atoms with Crippen LogP contribution in [-0.4, -0.2) is 10.1 Å². The summed E-state index contributed by atoms with van der Waals surface area (Å²) in [5, 5.41) is 10.1. The molecule has 1 N–H and O–H groups in total. The smallest absolute Gasteiger partial charge is 0.124 e. The van der Waals surface area contributed by atoms with Crippen molar-refractivity contribution >= 4 is 15.9 Å². The average molecular weight is 296 g/mol. The van der Waals surface area contributed by atoms with Crippen LogP contribution in [-0.2, 0) is 6.42 Å². The van der Waals surface area contributed by atoms with E-state index in [2.05, 4.69) is 20.9 Å². The van der Waals surface area contributed by atoms with Crippen molar-refractivity contribution in [1.29, 1.82) is 0 Å². The summed E-state index contributed by atoms with van der Waals surface area (Å²) in [5.74, 6) is -0.328. The number of hydrogen-bond donors (Lipinski definition) is 1. The van der Waals surface area contributed by atoms with Gasteiger partial charge in [0.05, 0.1) is 6.10 Å². The first-order valence-corrected chi connectivity index (χ1v) is 5.99. The fourth-order valence-electron chi connectivity index (χ4n) is 1.60. The summed E-state index contributed by atoms with van der Waals surface area (Å²) in [6.07, 6.45) is 1.40. The fourth-order valence-corrected chi connectivity index (χ4v) is 2.21. The first-order valence-electron chi connectivity index (χ1n) is 5.20. The number of halogens is 2. The summed E-state index contributed by atoms with van der Waals surface area (Å²) in [4.78, 5) is 4.14. The molecule has 0 aliphatic heterocycles. The van der Waals surface area contributed by atoms with Crippen molar-refractivity contribution in [3.05, 3.63) is 64.1 Å². The SMILES string of the molecule is OC(Cc1ccccn1)c1ccc(F)cc1Br. The number of nitrogens with zero attached hydrogens (tertiary/aromatic N) is 1. The topological polar surface area (TPSA) is 33.1 Å². The van der Waals surface area contributed by atoms with Crippen LogP contribution < -0.4 is 0 Å². The molecule has 1 aromatic carbocycles. The summed E-state index contributed by atoms with van der Waals surface area (Å²) >= 11 is 3.24. The van der Waals surface area contributed by atoms with Gasteiger partial charge in [-0.1, -0.05) is 28.1 Å². The van der Waals surface area contributed by atoms with Gasteiger partial charge in [-0.05, 0) is 29.8 Å². The van der Waals surface area contributed by atoms with Gasteiger partial charge in [0.1, 0.15) is 5.82 Å². The van der Waals surface area contributed by atoms with Crippen LogP contribution in [0.1, 0.15) is 17.4 Å². The van der Waals surface area contributed by atoms with E-state index in [4.69, 9.17) is 0 Å². The Labute approximate surface area is 107 Å². The molecule has 4 heteroatoms. The predicted molar refractivity (Wildman–Crippen MR) is 67.0 cm³/mol. The Bertz CT molecular complexity index is 504. The first-order chi connectivity index (χ1) is 8.16. The molecule has 0 spiro atoms. The quantitative estimate of drug-likeness (QED) is 0.943. The number of aliphatic hydroxyl groups excluding tert-OH is 1. The van der Waals surface area contributed by atoms with Gasteiger partial charge in [-0.15, -0.1) is 0 Å². The highest BCUT2D eigenvalue weighted by Gasteiger charge is 2.13. The van der Waals surface area contributed by atoms with E-state index in [1.165, 1.54) is 12.1 Å². The average Bonchev–Trinajstić information content (AvgIpc) is 2.30. The number of aromatic nitrogens is 1. The highest BCUT2D eigenvalue weighted by Crippen LogP contribution is 2.26. The normalized spacial score (nSPS) is 12.4. The highest BCUT2D eigenvalue weighted by molar-refractivity contribution is 9.10. The van der Waals surface area contributed by atoms with Gasteiger partial charge in [-0.2, -0.15) is 0 Å². The molecule has 0 radical (unpaired) electrons. The molecule has 0 bridgehead atoms. The molecule has 1 aromatic heterocycles. The van der Waals surface area contributed by atoms with Gasteiger partial charge < -0.3 is 5.11 Å². The second-order valence-electron chi connectivity index (χ2n) is 3.71. The molecule has 2 nitrogen and oxygen atoms in total. The van der Waals surface area contributed by atoms with Gasteiger partial charge in [0.2, 0.25) is 0 Å². The molecule has 0 amide bonds. The molecule has 1 heterocycles. The fraction of sp³-hybridized carbons (Fsp3) is 0.154. The molecular formula is C13H11BrFNO. The second kappa shape index (κ2) is 5.38. The van der Waals surface area contributed by atoms with Crippen LogP contribution in [0.3, 0.4) is 0 Å². The summed E-state index contributed by atoms with van der Waals surface area (Å²) in [6.45, 7) is 0. The molecule has 1 unspecified atom stereocenters. The highest BCUT2D eigenvalue weighted by atomic mass is 79.9. The van der Waals surface area contributed by atoms with Crippen LogP contribution in [0, 0.1) is 5.82 Å². The first kappa shape index (κ1) is 12.2. The van der Waals surface area contributed by atoms with Gasteiger partial charge in [0.25, 0.3) is 0 Å². The van der Waals surface area contributed by atoms with Crippen molar-refractivity contribution in [3.8, 4) is 0 Å². The molecule has 0 fully saturated rings. The molecule has 1 atom stereocenters. The summed E-state index contributed by atoms with van der Waals surface area (Å²) in [5.41, 5.74) is 1.47. The van der Waals surface area contributed by atoms with Crippen molar-refractivity contribution in [3.63, 3.8) is 0 Å². The van der Waals surface area contributed by atoms with Crippen molar-refractivity contribution in [1.82, 2.24) is 4.98 Å². The largest absolute Gasteiger partial charge is 0.388 e. The monoisotopic (exact) mass is 295 g/mol. The van der Waals surface area contributed by atoms with Crippen LogP contribution in [0.5, 0.6) is 0 Å². The van der Waals surface area contributed by atoms with E-state index in [1.54, 1.807) is 12.3 Å². The van der Waals surface area contributed by atoms with Crippen LogP contribution in [0.25, 0.3) is 0 Å². The number of hydrogen-bond acceptors (Lipinski definition) is 2. The number of aliphatic hydroxyl groups is 1. The lowest BCUT2D eigenvalue weighted by molar-refractivity contribution is 0.176. The zero-order valence-corrected chi connectivity index (χ0v) is 10.6. The molecule has 17 heavy (non-hydrogen) atoms. The zero-order valence-electron chi connectivity index (χ0n) is 8.98. The van der Waals surface area contributed by atoms with Gasteiger partial charge in [0.15, 0.2) is 0 Å². The van der Waals surface area contributed by atoms with Crippen molar-refractivity contribution in [2.75, 3.05) is 0 Å². The lowest BCUT2D eigenvalue weighted by Gasteiger charge is -2.12. The molecule has 0 aliphatic rings. The van der Waals surface area contributed by atoms with E-state index < -0.39 is 6.10 Å². The van der Waals surface area contributed by atoms with E-state index in [0.717, 1.165) is 5.69 Å². The molecule has 0 saturated carbocycles. The Hall–Kier alpha value is -1.26. The molecular weight excluding hydrogens is 285 g/mol. The van der Waals surface area contributed by atoms with E-state index in [-0.39, 0.29) is 5.82 Å². The minimum Gasteiger partial charge on any atom is -0.388 e. The van der Waals surface area contributed by atoms with Crippen molar-refractivity contribution < 1.29 is 9.50 Å². The number of pyridine rings is 1. The molecule has 88 valence electrons. The van der Waals surface area contributed by atoms with E-state index in [1.807, 2.05) is 18.2 Å². The Kier molecular flexibility index (Phi) is 3.86. The zero-order chi connectivity index (χ0) is 12.3. The van der Waals surface area contributed by atoms with Gasteiger partial charge in [-0.3, -0.25) is 4.98 Å². The Morgan fingerprint density at radius 2 is 2.12 bits per heavy atom. The van der Waals surface area contributed by atoms with Crippen molar-refractivity contribution in [2.45, 2.75) is 12.5 Å². The third kappa shape index (κ3) is 3.11.